The lowest BCUT2D eigenvalue weighted by Gasteiger charge is -2.05. The van der Waals surface area contributed by atoms with E-state index in [2.05, 4.69) is 10.2 Å². The number of ether oxygens (including phenoxy) is 1. The van der Waals surface area contributed by atoms with Gasteiger partial charge < -0.3 is 10.5 Å². The number of nitrogen functional groups attached to an aromatic ring is 1. The maximum absolute atomic E-state index is 5.59. The zero-order valence-electron chi connectivity index (χ0n) is 9.20. The number of rotatable bonds is 6. The minimum Gasteiger partial charge on any atom is -0.494 e. The second-order valence-electron chi connectivity index (χ2n) is 3.32. The molecule has 0 radical (unpaired) electrons. The molecular weight excluding hydrogens is 254 g/mol. The number of hydrogen-bond acceptors (Lipinski definition) is 6. The van der Waals surface area contributed by atoms with Crippen LogP contribution >= 0.6 is 23.1 Å². The number of benzene rings is 1. The first-order chi connectivity index (χ1) is 8.34. The minimum absolute atomic E-state index is 0.704. The molecule has 2 N–H and O–H groups in total. The summed E-state index contributed by atoms with van der Waals surface area (Å²) in [5.41, 5.74) is 8.08. The van der Waals surface area contributed by atoms with E-state index in [1.54, 1.807) is 28.6 Å². The molecule has 0 bridgehead atoms. The molecule has 0 saturated carbocycles. The average molecular weight is 267 g/mol. The second kappa shape index (κ2) is 6.46. The Morgan fingerprint density at radius 1 is 1.29 bits per heavy atom. The van der Waals surface area contributed by atoms with Crippen molar-refractivity contribution in [2.75, 3.05) is 18.1 Å². The van der Waals surface area contributed by atoms with E-state index in [0.29, 0.717) is 6.61 Å². The van der Waals surface area contributed by atoms with Gasteiger partial charge in [0.2, 0.25) is 0 Å². The Morgan fingerprint density at radius 3 is 2.82 bits per heavy atom. The molecule has 0 amide bonds. The minimum atomic E-state index is 0.704. The van der Waals surface area contributed by atoms with Crippen molar-refractivity contribution < 1.29 is 4.74 Å². The van der Waals surface area contributed by atoms with Crippen LogP contribution in [-0.2, 0) is 0 Å². The molecule has 0 aliphatic heterocycles. The second-order valence-corrected chi connectivity index (χ2v) is 5.50. The molecule has 0 aliphatic rings. The predicted molar refractivity (Wildman–Crippen MR) is 71.6 cm³/mol. The van der Waals surface area contributed by atoms with Crippen molar-refractivity contribution in [3.8, 4) is 5.75 Å². The fraction of sp³-hybridized carbons (Fsp3) is 0.273. The largest absolute Gasteiger partial charge is 0.494 e. The highest BCUT2D eigenvalue weighted by Gasteiger charge is 1.98. The Kier molecular flexibility index (Phi) is 4.63. The Morgan fingerprint density at radius 2 is 2.12 bits per heavy atom. The summed E-state index contributed by atoms with van der Waals surface area (Å²) in [4.78, 5) is 0. The van der Waals surface area contributed by atoms with E-state index in [0.717, 1.165) is 28.0 Å². The summed E-state index contributed by atoms with van der Waals surface area (Å²) < 4.78 is 6.59. The number of aromatic nitrogens is 2. The molecule has 17 heavy (non-hydrogen) atoms. The summed E-state index contributed by atoms with van der Waals surface area (Å²) in [5, 5.41) is 7.74. The smallest absolute Gasteiger partial charge is 0.174 e. The van der Waals surface area contributed by atoms with Crippen molar-refractivity contribution in [1.82, 2.24) is 10.2 Å². The van der Waals surface area contributed by atoms with Crippen molar-refractivity contribution >= 4 is 28.8 Å². The van der Waals surface area contributed by atoms with Crippen molar-refractivity contribution in [2.24, 2.45) is 0 Å². The van der Waals surface area contributed by atoms with Gasteiger partial charge in [0.1, 0.15) is 11.3 Å². The van der Waals surface area contributed by atoms with E-state index >= 15 is 0 Å². The molecule has 0 spiro atoms. The van der Waals surface area contributed by atoms with Crippen LogP contribution in [0.5, 0.6) is 5.75 Å². The quantitative estimate of drug-likeness (QED) is 0.495. The van der Waals surface area contributed by atoms with E-state index in [1.165, 1.54) is 0 Å². The van der Waals surface area contributed by atoms with Gasteiger partial charge in [-0.1, -0.05) is 23.1 Å². The normalized spacial score (nSPS) is 10.4. The highest BCUT2D eigenvalue weighted by atomic mass is 32.2. The van der Waals surface area contributed by atoms with Crippen LogP contribution in [0.3, 0.4) is 0 Å². The first kappa shape index (κ1) is 12.2. The lowest BCUT2D eigenvalue weighted by molar-refractivity contribution is 0.319. The van der Waals surface area contributed by atoms with Crippen LogP contribution in [0.2, 0.25) is 0 Å². The summed E-state index contributed by atoms with van der Waals surface area (Å²) in [6.45, 7) is 0.704. The van der Waals surface area contributed by atoms with Gasteiger partial charge in [-0.2, -0.15) is 0 Å². The molecule has 0 unspecified atom stereocenters. The summed E-state index contributed by atoms with van der Waals surface area (Å²) in [5.74, 6) is 1.85. The summed E-state index contributed by atoms with van der Waals surface area (Å²) in [7, 11) is 0. The topological polar surface area (TPSA) is 61.0 Å². The molecule has 1 aromatic heterocycles. The molecule has 6 heteroatoms. The van der Waals surface area contributed by atoms with Gasteiger partial charge >= 0.3 is 0 Å². The molecule has 1 heterocycles. The van der Waals surface area contributed by atoms with Crippen molar-refractivity contribution in [3.63, 3.8) is 0 Å². The molecule has 1 aromatic carbocycles. The van der Waals surface area contributed by atoms with Gasteiger partial charge in [-0.3, -0.25) is 0 Å². The Bertz CT molecular complexity index is 430. The average Bonchev–Trinajstić information content (AvgIpc) is 2.84. The predicted octanol–water partition coefficient (Wildman–Crippen LogP) is 2.68. The maximum Gasteiger partial charge on any atom is 0.174 e. The summed E-state index contributed by atoms with van der Waals surface area (Å²) >= 11 is 3.27. The zero-order chi connectivity index (χ0) is 11.9. The monoisotopic (exact) mass is 267 g/mol. The van der Waals surface area contributed by atoms with E-state index in [9.17, 15) is 0 Å². The van der Waals surface area contributed by atoms with E-state index in [-0.39, 0.29) is 0 Å². The van der Waals surface area contributed by atoms with Crippen LogP contribution in [0.4, 0.5) is 5.69 Å². The molecule has 2 rings (SSSR count). The van der Waals surface area contributed by atoms with Crippen molar-refractivity contribution in [3.05, 3.63) is 29.8 Å². The van der Waals surface area contributed by atoms with Crippen LogP contribution in [0.15, 0.2) is 34.1 Å². The SMILES string of the molecule is Nc1ccc(OCCCSc2nncs2)cc1. The zero-order valence-corrected chi connectivity index (χ0v) is 10.8. The van der Waals surface area contributed by atoms with Crippen molar-refractivity contribution in [1.29, 1.82) is 0 Å². The van der Waals surface area contributed by atoms with Gasteiger partial charge in [0.05, 0.1) is 6.61 Å². The fourth-order valence-corrected chi connectivity index (χ4v) is 2.67. The molecule has 90 valence electrons. The lowest BCUT2D eigenvalue weighted by Crippen LogP contribution is -1.98. The standard InChI is InChI=1S/C11H13N3OS2/c12-9-2-4-10(5-3-9)15-6-1-7-16-11-14-13-8-17-11/h2-5,8H,1,6-7,12H2. The van der Waals surface area contributed by atoms with Crippen molar-refractivity contribution in [2.45, 2.75) is 10.8 Å². The first-order valence-corrected chi connectivity index (χ1v) is 7.08. The number of hydrogen-bond donors (Lipinski definition) is 1. The Labute approximate surface area is 108 Å². The third-order valence-corrected chi connectivity index (χ3v) is 3.95. The maximum atomic E-state index is 5.59. The highest BCUT2D eigenvalue weighted by molar-refractivity contribution is 8.00. The lowest BCUT2D eigenvalue weighted by atomic mass is 10.3. The van der Waals surface area contributed by atoms with Crippen LogP contribution in [-0.4, -0.2) is 22.6 Å². The molecule has 0 aliphatic carbocycles. The Balaban J connectivity index is 1.61. The third kappa shape index (κ3) is 4.24. The van der Waals surface area contributed by atoms with Gasteiger partial charge in [0.15, 0.2) is 4.34 Å². The Hall–Kier alpha value is -1.27. The van der Waals surface area contributed by atoms with Gasteiger partial charge in [-0.25, -0.2) is 0 Å². The van der Waals surface area contributed by atoms with E-state index in [1.807, 2.05) is 24.3 Å². The van der Waals surface area contributed by atoms with Gasteiger partial charge in [-0.15, -0.1) is 10.2 Å². The molecule has 2 aromatic rings. The molecule has 0 atom stereocenters. The first-order valence-electron chi connectivity index (χ1n) is 5.22. The fourth-order valence-electron chi connectivity index (χ4n) is 1.20. The number of anilines is 1. The van der Waals surface area contributed by atoms with Gasteiger partial charge in [0, 0.05) is 11.4 Å². The van der Waals surface area contributed by atoms with Crippen LogP contribution in [0.25, 0.3) is 0 Å². The molecule has 0 fully saturated rings. The van der Waals surface area contributed by atoms with E-state index < -0.39 is 0 Å². The molecule has 4 nitrogen and oxygen atoms in total. The van der Waals surface area contributed by atoms with Crippen LogP contribution in [0, 0.1) is 0 Å². The summed E-state index contributed by atoms with van der Waals surface area (Å²) in [6, 6.07) is 7.44. The number of nitrogens with two attached hydrogens (primary N) is 1. The van der Waals surface area contributed by atoms with E-state index in [4.69, 9.17) is 10.5 Å². The van der Waals surface area contributed by atoms with Gasteiger partial charge in [0.25, 0.3) is 0 Å². The van der Waals surface area contributed by atoms with Crippen LogP contribution < -0.4 is 10.5 Å². The highest BCUT2D eigenvalue weighted by Crippen LogP contribution is 2.20. The summed E-state index contributed by atoms with van der Waals surface area (Å²) in [6.07, 6.45) is 0.981. The number of thioether (sulfide) groups is 1. The third-order valence-electron chi connectivity index (χ3n) is 2.00. The number of nitrogens with zero attached hydrogens (tertiary/aromatic N) is 2. The molecular formula is C11H13N3OS2. The van der Waals surface area contributed by atoms with Crippen LogP contribution in [0.1, 0.15) is 6.42 Å². The van der Waals surface area contributed by atoms with Gasteiger partial charge in [-0.05, 0) is 30.7 Å². The molecule has 0 saturated heterocycles.